The van der Waals surface area contributed by atoms with Gasteiger partial charge in [0.15, 0.2) is 0 Å². The Morgan fingerprint density at radius 2 is 1.66 bits per heavy atom. The van der Waals surface area contributed by atoms with Gasteiger partial charge < -0.3 is 15.2 Å². The van der Waals surface area contributed by atoms with Crippen LogP contribution in [0, 0.1) is 0 Å². The van der Waals surface area contributed by atoms with Crippen molar-refractivity contribution >= 4 is 29.7 Å². The SMILES string of the molecule is O=C(NCCC=Cc1cc(C(=O)O)ccc1Cl)OCC1c2ccccc2-c2ccccc21. The maximum Gasteiger partial charge on any atom is 0.407 e. The maximum absolute atomic E-state index is 12.2. The number of nitrogens with one attached hydrogen (secondary N) is 1. The fourth-order valence-electron chi connectivity index (χ4n) is 3.92. The number of benzene rings is 3. The normalized spacial score (nSPS) is 12.4. The summed E-state index contributed by atoms with van der Waals surface area (Å²) >= 11 is 6.11. The van der Waals surface area contributed by atoms with Gasteiger partial charge in [-0.1, -0.05) is 72.3 Å². The van der Waals surface area contributed by atoms with E-state index in [-0.39, 0.29) is 18.1 Å². The quantitative estimate of drug-likeness (QED) is 0.437. The Morgan fingerprint density at radius 1 is 1.00 bits per heavy atom. The van der Waals surface area contributed by atoms with Gasteiger partial charge in [0, 0.05) is 17.5 Å². The van der Waals surface area contributed by atoms with E-state index in [1.807, 2.05) is 30.3 Å². The molecule has 0 saturated heterocycles. The fourth-order valence-corrected chi connectivity index (χ4v) is 4.10. The molecule has 3 aromatic carbocycles. The molecule has 1 aliphatic carbocycles. The number of alkyl carbamates (subject to hydrolysis) is 1. The van der Waals surface area contributed by atoms with Crippen molar-refractivity contribution < 1.29 is 19.4 Å². The van der Waals surface area contributed by atoms with Gasteiger partial charge in [-0.25, -0.2) is 9.59 Å². The molecule has 0 atom stereocenters. The Hall–Kier alpha value is -3.57. The van der Waals surface area contributed by atoms with E-state index >= 15 is 0 Å². The largest absolute Gasteiger partial charge is 0.478 e. The summed E-state index contributed by atoms with van der Waals surface area (Å²) in [6.45, 7) is 0.663. The maximum atomic E-state index is 12.2. The third kappa shape index (κ3) is 4.68. The Labute approximate surface area is 191 Å². The second-order valence-electron chi connectivity index (χ2n) is 7.48. The molecular formula is C26H22ClNO4. The van der Waals surface area contributed by atoms with Crippen molar-refractivity contribution in [2.45, 2.75) is 12.3 Å². The summed E-state index contributed by atoms with van der Waals surface area (Å²) in [5.41, 5.74) is 5.51. The molecule has 0 fully saturated rings. The molecule has 0 radical (unpaired) electrons. The monoisotopic (exact) mass is 447 g/mol. The molecule has 0 unspecified atom stereocenters. The zero-order valence-electron chi connectivity index (χ0n) is 17.3. The first kappa shape index (κ1) is 21.7. The number of carbonyl (C=O) groups excluding carboxylic acids is 1. The molecule has 0 spiro atoms. The highest BCUT2D eigenvalue weighted by Crippen LogP contribution is 2.44. The number of amides is 1. The molecule has 1 aliphatic rings. The lowest BCUT2D eigenvalue weighted by Gasteiger charge is -2.14. The molecule has 6 heteroatoms. The number of carboxylic acids is 1. The third-order valence-corrected chi connectivity index (χ3v) is 5.81. The molecule has 0 aromatic heterocycles. The van der Waals surface area contributed by atoms with Crippen LogP contribution in [0.5, 0.6) is 0 Å². The Morgan fingerprint density at radius 3 is 2.31 bits per heavy atom. The highest BCUT2D eigenvalue weighted by Gasteiger charge is 2.28. The predicted molar refractivity (Wildman–Crippen MR) is 125 cm³/mol. The van der Waals surface area contributed by atoms with Gasteiger partial charge in [-0.2, -0.15) is 0 Å². The third-order valence-electron chi connectivity index (χ3n) is 5.46. The van der Waals surface area contributed by atoms with Crippen molar-refractivity contribution in [1.29, 1.82) is 0 Å². The molecule has 0 heterocycles. The van der Waals surface area contributed by atoms with Crippen LogP contribution in [0.25, 0.3) is 17.2 Å². The lowest BCUT2D eigenvalue weighted by molar-refractivity contribution is 0.0696. The summed E-state index contributed by atoms with van der Waals surface area (Å²) in [4.78, 5) is 23.3. The second-order valence-corrected chi connectivity index (χ2v) is 7.89. The van der Waals surface area contributed by atoms with Gasteiger partial charge in [0.2, 0.25) is 0 Å². The minimum absolute atomic E-state index is 0.0247. The predicted octanol–water partition coefficient (Wildman–Crippen LogP) is 5.98. The van der Waals surface area contributed by atoms with Crippen molar-refractivity contribution in [2.75, 3.05) is 13.2 Å². The number of fused-ring (bicyclic) bond motifs is 3. The van der Waals surface area contributed by atoms with Crippen molar-refractivity contribution in [3.05, 3.63) is 100 Å². The van der Waals surface area contributed by atoms with Crippen LogP contribution in [0.15, 0.2) is 72.8 Å². The summed E-state index contributed by atoms with van der Waals surface area (Å²) in [6, 6.07) is 20.9. The minimum atomic E-state index is -1.01. The van der Waals surface area contributed by atoms with Crippen LogP contribution in [-0.4, -0.2) is 30.3 Å². The van der Waals surface area contributed by atoms with Gasteiger partial charge in [0.25, 0.3) is 0 Å². The van der Waals surface area contributed by atoms with Crippen LogP contribution < -0.4 is 5.32 Å². The number of carboxylic acid groups (broad SMARTS) is 1. The van der Waals surface area contributed by atoms with Gasteiger partial charge in [-0.15, -0.1) is 0 Å². The molecule has 1 amide bonds. The van der Waals surface area contributed by atoms with E-state index < -0.39 is 12.1 Å². The molecule has 162 valence electrons. The van der Waals surface area contributed by atoms with Gasteiger partial charge in [0.1, 0.15) is 6.61 Å². The van der Waals surface area contributed by atoms with Crippen molar-refractivity contribution in [3.8, 4) is 11.1 Å². The topological polar surface area (TPSA) is 75.6 Å². The average molecular weight is 448 g/mol. The first-order valence-electron chi connectivity index (χ1n) is 10.3. The van der Waals surface area contributed by atoms with E-state index in [9.17, 15) is 9.59 Å². The van der Waals surface area contributed by atoms with E-state index in [1.165, 1.54) is 34.4 Å². The summed E-state index contributed by atoms with van der Waals surface area (Å²) < 4.78 is 5.51. The van der Waals surface area contributed by atoms with Gasteiger partial charge in [-0.05, 0) is 52.4 Å². The Balaban J connectivity index is 1.28. The number of aromatic carboxylic acids is 1. The zero-order valence-corrected chi connectivity index (χ0v) is 18.0. The number of ether oxygens (including phenoxy) is 1. The van der Waals surface area contributed by atoms with E-state index in [0.717, 1.165) is 0 Å². The van der Waals surface area contributed by atoms with E-state index in [1.54, 1.807) is 12.1 Å². The van der Waals surface area contributed by atoms with Crippen LogP contribution in [0.3, 0.4) is 0 Å². The fraction of sp³-hybridized carbons (Fsp3) is 0.154. The van der Waals surface area contributed by atoms with Crippen LogP contribution in [0.1, 0.15) is 39.4 Å². The van der Waals surface area contributed by atoms with E-state index in [2.05, 4.69) is 29.6 Å². The van der Waals surface area contributed by atoms with Crippen LogP contribution in [-0.2, 0) is 4.74 Å². The lowest BCUT2D eigenvalue weighted by Crippen LogP contribution is -2.26. The number of carbonyl (C=O) groups is 2. The zero-order chi connectivity index (χ0) is 22.5. The second kappa shape index (κ2) is 9.71. The van der Waals surface area contributed by atoms with Crippen molar-refractivity contribution in [3.63, 3.8) is 0 Å². The molecule has 0 aliphatic heterocycles. The molecule has 2 N–H and O–H groups in total. The number of hydrogen-bond donors (Lipinski definition) is 2. The molecule has 0 saturated carbocycles. The summed E-state index contributed by atoms with van der Waals surface area (Å²) in [5.74, 6) is -0.982. The van der Waals surface area contributed by atoms with Gasteiger partial charge >= 0.3 is 12.1 Å². The minimum Gasteiger partial charge on any atom is -0.478 e. The lowest BCUT2D eigenvalue weighted by atomic mass is 9.98. The highest BCUT2D eigenvalue weighted by molar-refractivity contribution is 6.32. The summed E-state index contributed by atoms with van der Waals surface area (Å²) in [5, 5.41) is 12.3. The molecule has 0 bridgehead atoms. The van der Waals surface area contributed by atoms with Crippen molar-refractivity contribution in [1.82, 2.24) is 5.32 Å². The summed E-state index contributed by atoms with van der Waals surface area (Å²) in [6.07, 6.45) is 3.66. The van der Waals surface area contributed by atoms with Crippen molar-refractivity contribution in [2.24, 2.45) is 0 Å². The standard InChI is InChI=1S/C26H22ClNO4/c27-24-13-12-18(25(29)30)15-17(24)7-5-6-14-28-26(31)32-16-23-21-10-3-1-8-19(21)20-9-2-4-11-22(20)23/h1-5,7-13,15,23H,6,14,16H2,(H,28,31)(H,29,30). The van der Waals surface area contributed by atoms with Crippen LogP contribution in [0.4, 0.5) is 4.79 Å². The molecular weight excluding hydrogens is 426 g/mol. The number of hydrogen-bond acceptors (Lipinski definition) is 3. The Bertz CT molecular complexity index is 1140. The van der Waals surface area contributed by atoms with Crippen LogP contribution in [0.2, 0.25) is 5.02 Å². The van der Waals surface area contributed by atoms with Gasteiger partial charge in [-0.3, -0.25) is 0 Å². The smallest absolute Gasteiger partial charge is 0.407 e. The first-order valence-corrected chi connectivity index (χ1v) is 10.7. The number of rotatable bonds is 7. The Kier molecular flexibility index (Phi) is 6.57. The average Bonchev–Trinajstić information content (AvgIpc) is 3.12. The van der Waals surface area contributed by atoms with Gasteiger partial charge in [0.05, 0.1) is 5.56 Å². The molecule has 4 rings (SSSR count). The van der Waals surface area contributed by atoms with Crippen LogP contribution >= 0.6 is 11.6 Å². The van der Waals surface area contributed by atoms with E-state index in [0.29, 0.717) is 23.6 Å². The molecule has 32 heavy (non-hydrogen) atoms. The molecule has 5 nitrogen and oxygen atoms in total. The highest BCUT2D eigenvalue weighted by atomic mass is 35.5. The number of halogens is 1. The molecule has 3 aromatic rings. The first-order chi connectivity index (χ1) is 15.5. The summed E-state index contributed by atoms with van der Waals surface area (Å²) in [7, 11) is 0. The van der Waals surface area contributed by atoms with E-state index in [4.69, 9.17) is 21.4 Å².